The van der Waals surface area contributed by atoms with Gasteiger partial charge in [0.2, 0.25) is 6.79 Å². The van der Waals surface area contributed by atoms with Gasteiger partial charge in [-0.1, -0.05) is 61.2 Å². The highest BCUT2D eigenvalue weighted by atomic mass is 35.5. The van der Waals surface area contributed by atoms with Crippen LogP contribution in [0.4, 0.5) is 0 Å². The van der Waals surface area contributed by atoms with Gasteiger partial charge in [-0.3, -0.25) is 0 Å². The lowest BCUT2D eigenvalue weighted by atomic mass is 10.1. The fourth-order valence-corrected chi connectivity index (χ4v) is 2.67. The molecule has 3 aromatic carbocycles. The predicted molar refractivity (Wildman–Crippen MR) is 116 cm³/mol. The van der Waals surface area contributed by atoms with Crippen LogP contribution in [0, 0.1) is 0 Å². The van der Waals surface area contributed by atoms with E-state index in [-0.39, 0.29) is 6.79 Å². The minimum Gasteiger partial charge on any atom is -0.458 e. The average molecular weight is 407 g/mol. The van der Waals surface area contributed by atoms with Crippen LogP contribution in [-0.2, 0) is 0 Å². The van der Waals surface area contributed by atoms with E-state index in [2.05, 4.69) is 13.2 Å². The molecule has 0 fully saturated rings. The SMILES string of the molecule is C=Cc1ccc(OCOc2ccc(OC(=O)c3ccc(C=C)cc3)cc2Cl)cc1. The molecule has 0 aliphatic rings. The maximum atomic E-state index is 12.2. The van der Waals surface area contributed by atoms with Crippen molar-refractivity contribution in [2.45, 2.75) is 0 Å². The first-order valence-corrected chi connectivity index (χ1v) is 9.19. The lowest BCUT2D eigenvalue weighted by Crippen LogP contribution is -2.09. The molecule has 4 nitrogen and oxygen atoms in total. The van der Waals surface area contributed by atoms with Crippen molar-refractivity contribution in [2.24, 2.45) is 0 Å². The van der Waals surface area contributed by atoms with Gasteiger partial charge in [0.05, 0.1) is 10.6 Å². The third kappa shape index (κ3) is 5.50. The zero-order valence-electron chi connectivity index (χ0n) is 15.6. The van der Waals surface area contributed by atoms with E-state index < -0.39 is 5.97 Å². The van der Waals surface area contributed by atoms with Crippen LogP contribution >= 0.6 is 11.6 Å². The Labute approximate surface area is 174 Å². The number of hydrogen-bond donors (Lipinski definition) is 0. The van der Waals surface area contributed by atoms with E-state index in [0.29, 0.717) is 27.8 Å². The molecule has 0 heterocycles. The molecule has 0 atom stereocenters. The molecule has 0 aliphatic heterocycles. The number of esters is 1. The summed E-state index contributed by atoms with van der Waals surface area (Å²) in [5.74, 6) is 0.932. The monoisotopic (exact) mass is 406 g/mol. The largest absolute Gasteiger partial charge is 0.458 e. The molecule has 0 saturated carbocycles. The summed E-state index contributed by atoms with van der Waals surface area (Å²) in [6.07, 6.45) is 3.46. The molecule has 3 aromatic rings. The Morgan fingerprint density at radius 3 is 2.00 bits per heavy atom. The summed E-state index contributed by atoms with van der Waals surface area (Å²) in [5.41, 5.74) is 2.36. The maximum Gasteiger partial charge on any atom is 0.343 e. The second kappa shape index (κ2) is 9.62. The summed E-state index contributed by atoms with van der Waals surface area (Å²) < 4.78 is 16.4. The summed E-state index contributed by atoms with van der Waals surface area (Å²) in [5, 5.41) is 0.308. The molecule has 0 bridgehead atoms. The van der Waals surface area contributed by atoms with E-state index in [1.807, 2.05) is 24.3 Å². The zero-order chi connectivity index (χ0) is 20.6. The first kappa shape index (κ1) is 20.2. The van der Waals surface area contributed by atoms with Crippen LogP contribution in [0.5, 0.6) is 17.2 Å². The van der Waals surface area contributed by atoms with Crippen molar-refractivity contribution in [1.29, 1.82) is 0 Å². The Morgan fingerprint density at radius 1 is 0.828 bits per heavy atom. The van der Waals surface area contributed by atoms with Crippen molar-refractivity contribution < 1.29 is 19.0 Å². The summed E-state index contributed by atoms with van der Waals surface area (Å²) in [6.45, 7) is 7.38. The van der Waals surface area contributed by atoms with Gasteiger partial charge in [-0.2, -0.15) is 0 Å². The van der Waals surface area contributed by atoms with Crippen LogP contribution < -0.4 is 14.2 Å². The fraction of sp³-hybridized carbons (Fsp3) is 0.0417. The molecule has 0 amide bonds. The topological polar surface area (TPSA) is 44.8 Å². The van der Waals surface area contributed by atoms with Crippen LogP contribution in [0.1, 0.15) is 21.5 Å². The number of ether oxygens (including phenoxy) is 3. The first-order chi connectivity index (χ1) is 14.1. The molecule has 0 aliphatic carbocycles. The van der Waals surface area contributed by atoms with E-state index in [0.717, 1.165) is 11.1 Å². The van der Waals surface area contributed by atoms with Crippen molar-refractivity contribution in [1.82, 2.24) is 0 Å². The molecule has 0 N–H and O–H groups in total. The predicted octanol–water partition coefficient (Wildman–Crippen LogP) is 6.26. The van der Waals surface area contributed by atoms with Gasteiger partial charge in [0.15, 0.2) is 0 Å². The Morgan fingerprint density at radius 2 is 1.41 bits per heavy atom. The second-order valence-electron chi connectivity index (χ2n) is 5.99. The van der Waals surface area contributed by atoms with Gasteiger partial charge in [0.1, 0.15) is 17.2 Å². The van der Waals surface area contributed by atoms with Crippen molar-refractivity contribution in [3.63, 3.8) is 0 Å². The molecule has 0 saturated heterocycles. The van der Waals surface area contributed by atoms with Crippen molar-refractivity contribution >= 4 is 29.7 Å². The van der Waals surface area contributed by atoms with Crippen LogP contribution in [0.25, 0.3) is 12.2 Å². The average Bonchev–Trinajstić information content (AvgIpc) is 2.75. The Bertz CT molecular complexity index is 1010. The van der Waals surface area contributed by atoms with Gasteiger partial charge in [-0.25, -0.2) is 4.79 Å². The number of halogens is 1. The van der Waals surface area contributed by atoms with Crippen LogP contribution in [-0.4, -0.2) is 12.8 Å². The third-order valence-electron chi connectivity index (χ3n) is 4.05. The fourth-order valence-electron chi connectivity index (χ4n) is 2.44. The highest BCUT2D eigenvalue weighted by Crippen LogP contribution is 2.29. The third-order valence-corrected chi connectivity index (χ3v) is 4.35. The lowest BCUT2D eigenvalue weighted by molar-refractivity contribution is 0.0734. The van der Waals surface area contributed by atoms with Gasteiger partial charge in [0.25, 0.3) is 0 Å². The van der Waals surface area contributed by atoms with Crippen LogP contribution in [0.3, 0.4) is 0 Å². The molecule has 146 valence electrons. The van der Waals surface area contributed by atoms with E-state index in [4.69, 9.17) is 25.8 Å². The van der Waals surface area contributed by atoms with Gasteiger partial charge < -0.3 is 14.2 Å². The number of carbonyl (C=O) groups is 1. The first-order valence-electron chi connectivity index (χ1n) is 8.81. The van der Waals surface area contributed by atoms with Gasteiger partial charge in [-0.05, 0) is 47.5 Å². The number of hydrogen-bond acceptors (Lipinski definition) is 4. The normalized spacial score (nSPS) is 10.1. The molecule has 0 spiro atoms. The lowest BCUT2D eigenvalue weighted by Gasteiger charge is -2.11. The molecule has 29 heavy (non-hydrogen) atoms. The van der Waals surface area contributed by atoms with Crippen molar-refractivity contribution in [3.8, 4) is 17.2 Å². The summed E-state index contributed by atoms with van der Waals surface area (Å²) in [6, 6.07) is 19.1. The van der Waals surface area contributed by atoms with Crippen LogP contribution in [0.2, 0.25) is 5.02 Å². The van der Waals surface area contributed by atoms with E-state index in [9.17, 15) is 4.79 Å². The molecule has 3 rings (SSSR count). The van der Waals surface area contributed by atoms with Crippen LogP contribution in [0.15, 0.2) is 79.9 Å². The molecule has 0 aromatic heterocycles. The Kier molecular flexibility index (Phi) is 6.72. The minimum atomic E-state index is -0.475. The van der Waals surface area contributed by atoms with E-state index in [1.54, 1.807) is 48.6 Å². The van der Waals surface area contributed by atoms with E-state index in [1.165, 1.54) is 6.07 Å². The summed E-state index contributed by atoms with van der Waals surface area (Å²) >= 11 is 6.23. The van der Waals surface area contributed by atoms with Gasteiger partial charge in [0, 0.05) is 6.07 Å². The number of carbonyl (C=O) groups excluding carboxylic acids is 1. The van der Waals surface area contributed by atoms with Crippen molar-refractivity contribution in [2.75, 3.05) is 6.79 Å². The smallest absolute Gasteiger partial charge is 0.343 e. The Balaban J connectivity index is 1.56. The minimum absolute atomic E-state index is 0.0120. The maximum absolute atomic E-state index is 12.2. The summed E-state index contributed by atoms with van der Waals surface area (Å²) in [4.78, 5) is 12.2. The molecule has 0 radical (unpaired) electrons. The standard InChI is InChI=1S/C24H19ClO4/c1-3-17-5-9-19(10-6-17)24(26)29-21-13-14-23(22(25)15-21)28-16-27-20-11-7-18(4-2)8-12-20/h3-15H,1-2,16H2. The Hall–Kier alpha value is -3.50. The molecule has 0 unspecified atom stereocenters. The molecular weight excluding hydrogens is 388 g/mol. The van der Waals surface area contributed by atoms with Gasteiger partial charge >= 0.3 is 5.97 Å². The molecular formula is C24H19ClO4. The zero-order valence-corrected chi connectivity index (χ0v) is 16.4. The molecule has 5 heteroatoms. The number of rotatable bonds is 8. The van der Waals surface area contributed by atoms with Gasteiger partial charge in [-0.15, -0.1) is 0 Å². The summed E-state index contributed by atoms with van der Waals surface area (Å²) in [7, 11) is 0. The van der Waals surface area contributed by atoms with Crippen molar-refractivity contribution in [3.05, 3.63) is 102 Å². The highest BCUT2D eigenvalue weighted by Gasteiger charge is 2.11. The van der Waals surface area contributed by atoms with E-state index >= 15 is 0 Å². The number of benzene rings is 3. The quantitative estimate of drug-likeness (QED) is 0.251. The second-order valence-corrected chi connectivity index (χ2v) is 6.39. The highest BCUT2D eigenvalue weighted by molar-refractivity contribution is 6.32.